The number of methoxy groups -OCH3 is 1. The molecule has 0 unspecified atom stereocenters. The van der Waals surface area contributed by atoms with Crippen molar-refractivity contribution in [2.24, 2.45) is 0 Å². The Labute approximate surface area is 170 Å². The van der Waals surface area contributed by atoms with E-state index in [0.717, 1.165) is 5.56 Å². The number of halogens is 1. The standard InChI is InChI=1S/C18H20ClN5O5/c1-28-12-3-2-11(19)4-10(12)5-20-15-13-16(22-8-21-15)24(9-23-13)17-14(26)18(27,6-25)7-29-17/h2-4,8-9,14,17,25-27H,5-7H2,1H3,(H,20,21,22)/t14-,17+,18+/m0/s1. The van der Waals surface area contributed by atoms with E-state index >= 15 is 0 Å². The summed E-state index contributed by atoms with van der Waals surface area (Å²) in [6.45, 7) is -0.449. The Morgan fingerprint density at radius 3 is 2.93 bits per heavy atom. The van der Waals surface area contributed by atoms with E-state index in [1.165, 1.54) is 17.2 Å². The molecular formula is C18H20ClN5O5. The average Bonchev–Trinajstić information content (AvgIpc) is 3.28. The van der Waals surface area contributed by atoms with Crippen LogP contribution in [0.25, 0.3) is 11.2 Å². The summed E-state index contributed by atoms with van der Waals surface area (Å²) >= 11 is 6.07. The van der Waals surface area contributed by atoms with E-state index < -0.39 is 24.5 Å². The Hall–Kier alpha value is -2.50. The SMILES string of the molecule is COc1ccc(Cl)cc1CNc1ncnc2c1ncn2[C@@H]1OC[C@](O)(CO)[C@H]1O. The zero-order valence-corrected chi connectivity index (χ0v) is 16.2. The number of benzene rings is 1. The molecule has 29 heavy (non-hydrogen) atoms. The molecule has 0 amide bonds. The van der Waals surface area contributed by atoms with Crippen LogP contribution in [0.15, 0.2) is 30.9 Å². The summed E-state index contributed by atoms with van der Waals surface area (Å²) in [5, 5.41) is 33.7. The highest BCUT2D eigenvalue weighted by atomic mass is 35.5. The molecule has 3 atom stereocenters. The number of imidazole rings is 1. The molecule has 4 N–H and O–H groups in total. The maximum atomic E-state index is 10.4. The highest BCUT2D eigenvalue weighted by Gasteiger charge is 2.49. The number of nitrogens with one attached hydrogen (secondary N) is 1. The van der Waals surface area contributed by atoms with Crippen LogP contribution in [0.4, 0.5) is 5.82 Å². The molecule has 1 fully saturated rings. The summed E-state index contributed by atoms with van der Waals surface area (Å²) in [4.78, 5) is 12.8. The third-order valence-electron chi connectivity index (χ3n) is 4.92. The van der Waals surface area contributed by atoms with Crippen molar-refractivity contribution in [3.63, 3.8) is 0 Å². The lowest BCUT2D eigenvalue weighted by Crippen LogP contribution is -2.46. The zero-order valence-electron chi connectivity index (χ0n) is 15.5. The first-order valence-electron chi connectivity index (χ1n) is 8.83. The van der Waals surface area contributed by atoms with Crippen molar-refractivity contribution in [3.05, 3.63) is 41.4 Å². The summed E-state index contributed by atoms with van der Waals surface area (Å²) in [5.74, 6) is 1.16. The van der Waals surface area contributed by atoms with Gasteiger partial charge in [-0.25, -0.2) is 15.0 Å². The maximum Gasteiger partial charge on any atom is 0.167 e. The van der Waals surface area contributed by atoms with Crippen LogP contribution < -0.4 is 10.1 Å². The second-order valence-corrected chi connectivity index (χ2v) is 7.20. The zero-order chi connectivity index (χ0) is 20.6. The molecule has 10 nitrogen and oxygen atoms in total. The molecule has 1 aliphatic rings. The van der Waals surface area contributed by atoms with E-state index in [9.17, 15) is 15.3 Å². The predicted octanol–water partition coefficient (Wildman–Crippen LogP) is 0.713. The fraction of sp³-hybridized carbons (Fsp3) is 0.389. The van der Waals surface area contributed by atoms with Crippen LogP contribution >= 0.6 is 11.6 Å². The van der Waals surface area contributed by atoms with Crippen LogP contribution in [-0.4, -0.2) is 66.9 Å². The fourth-order valence-corrected chi connectivity index (χ4v) is 3.47. The summed E-state index contributed by atoms with van der Waals surface area (Å²) in [6.07, 6.45) is 0.527. The van der Waals surface area contributed by atoms with Crippen LogP contribution in [0.2, 0.25) is 5.02 Å². The molecule has 1 aliphatic heterocycles. The number of fused-ring (bicyclic) bond motifs is 1. The van der Waals surface area contributed by atoms with Gasteiger partial charge in [-0.1, -0.05) is 11.6 Å². The Bertz CT molecular complexity index is 1030. The van der Waals surface area contributed by atoms with Gasteiger partial charge < -0.3 is 30.1 Å². The van der Waals surface area contributed by atoms with E-state index in [1.807, 2.05) is 0 Å². The van der Waals surface area contributed by atoms with Crippen molar-refractivity contribution < 1.29 is 24.8 Å². The van der Waals surface area contributed by atoms with Gasteiger partial charge in [-0.3, -0.25) is 4.57 Å². The Balaban J connectivity index is 1.61. The second kappa shape index (κ2) is 7.73. The molecule has 3 heterocycles. The van der Waals surface area contributed by atoms with Gasteiger partial charge in [0.2, 0.25) is 0 Å². The van der Waals surface area contributed by atoms with Crippen molar-refractivity contribution >= 4 is 28.6 Å². The number of rotatable bonds is 6. The van der Waals surface area contributed by atoms with E-state index in [-0.39, 0.29) is 6.61 Å². The van der Waals surface area contributed by atoms with Gasteiger partial charge in [0.05, 0.1) is 26.7 Å². The summed E-state index contributed by atoms with van der Waals surface area (Å²) in [6, 6.07) is 5.32. The largest absolute Gasteiger partial charge is 0.496 e. The number of hydrogen-bond donors (Lipinski definition) is 4. The minimum atomic E-state index is -1.74. The minimum Gasteiger partial charge on any atom is -0.496 e. The molecule has 0 saturated carbocycles. The minimum absolute atomic E-state index is 0.209. The maximum absolute atomic E-state index is 10.4. The van der Waals surface area contributed by atoms with Crippen molar-refractivity contribution in [1.82, 2.24) is 19.5 Å². The van der Waals surface area contributed by atoms with Gasteiger partial charge in [0, 0.05) is 17.1 Å². The van der Waals surface area contributed by atoms with Crippen LogP contribution in [0.5, 0.6) is 5.75 Å². The van der Waals surface area contributed by atoms with Crippen molar-refractivity contribution in [2.75, 3.05) is 25.6 Å². The van der Waals surface area contributed by atoms with Gasteiger partial charge in [-0.2, -0.15) is 0 Å². The third kappa shape index (κ3) is 3.49. The number of anilines is 1. The molecule has 0 radical (unpaired) electrons. The van der Waals surface area contributed by atoms with E-state index in [2.05, 4.69) is 20.3 Å². The van der Waals surface area contributed by atoms with E-state index in [4.69, 9.17) is 21.1 Å². The van der Waals surface area contributed by atoms with Crippen LogP contribution in [0.3, 0.4) is 0 Å². The summed E-state index contributed by atoms with van der Waals surface area (Å²) in [5.41, 5.74) is -0.0253. The average molecular weight is 422 g/mol. The lowest BCUT2D eigenvalue weighted by atomic mass is 10.0. The van der Waals surface area contributed by atoms with Gasteiger partial charge >= 0.3 is 0 Å². The molecule has 154 valence electrons. The Morgan fingerprint density at radius 2 is 2.21 bits per heavy atom. The number of aromatic nitrogens is 4. The van der Waals surface area contributed by atoms with Gasteiger partial charge in [0.1, 0.15) is 23.8 Å². The van der Waals surface area contributed by atoms with Crippen molar-refractivity contribution in [3.8, 4) is 5.75 Å². The van der Waals surface area contributed by atoms with E-state index in [0.29, 0.717) is 34.3 Å². The molecule has 0 aliphatic carbocycles. The molecule has 0 spiro atoms. The highest BCUT2D eigenvalue weighted by molar-refractivity contribution is 6.30. The first-order chi connectivity index (χ1) is 14.0. The molecule has 3 aromatic rings. The molecule has 1 aromatic carbocycles. The van der Waals surface area contributed by atoms with Crippen LogP contribution in [-0.2, 0) is 11.3 Å². The number of aliphatic hydroxyl groups excluding tert-OH is 2. The summed E-state index contributed by atoms with van der Waals surface area (Å²) in [7, 11) is 1.58. The normalized spacial score (nSPS) is 24.2. The smallest absolute Gasteiger partial charge is 0.167 e. The van der Waals surface area contributed by atoms with Crippen LogP contribution in [0.1, 0.15) is 11.8 Å². The monoisotopic (exact) mass is 421 g/mol. The molecule has 2 aromatic heterocycles. The first kappa shape index (κ1) is 19.8. The molecule has 4 rings (SSSR count). The second-order valence-electron chi connectivity index (χ2n) is 6.76. The molecule has 0 bridgehead atoms. The fourth-order valence-electron chi connectivity index (χ4n) is 3.27. The number of aliphatic hydroxyl groups is 3. The van der Waals surface area contributed by atoms with Gasteiger partial charge in [0.25, 0.3) is 0 Å². The number of hydrogen-bond acceptors (Lipinski definition) is 9. The number of nitrogens with zero attached hydrogens (tertiary/aromatic N) is 4. The van der Waals surface area contributed by atoms with Gasteiger partial charge in [0.15, 0.2) is 23.2 Å². The summed E-state index contributed by atoms with van der Waals surface area (Å²) < 4.78 is 12.3. The predicted molar refractivity (Wildman–Crippen MR) is 104 cm³/mol. The number of ether oxygens (including phenoxy) is 2. The highest BCUT2D eigenvalue weighted by Crippen LogP contribution is 2.34. The third-order valence-corrected chi connectivity index (χ3v) is 5.16. The Kier molecular flexibility index (Phi) is 5.28. The van der Waals surface area contributed by atoms with Crippen molar-refractivity contribution in [2.45, 2.75) is 24.5 Å². The van der Waals surface area contributed by atoms with Gasteiger partial charge in [-0.05, 0) is 18.2 Å². The van der Waals surface area contributed by atoms with Gasteiger partial charge in [-0.15, -0.1) is 0 Å². The Morgan fingerprint density at radius 1 is 1.38 bits per heavy atom. The van der Waals surface area contributed by atoms with Crippen molar-refractivity contribution in [1.29, 1.82) is 0 Å². The topological polar surface area (TPSA) is 135 Å². The quantitative estimate of drug-likeness (QED) is 0.453. The van der Waals surface area contributed by atoms with E-state index in [1.54, 1.807) is 25.3 Å². The molecule has 1 saturated heterocycles. The molecular weight excluding hydrogens is 402 g/mol. The molecule has 11 heteroatoms. The lowest BCUT2D eigenvalue weighted by molar-refractivity contribution is -0.0873. The van der Waals surface area contributed by atoms with Crippen LogP contribution in [0, 0.1) is 0 Å². The first-order valence-corrected chi connectivity index (χ1v) is 9.21. The lowest BCUT2D eigenvalue weighted by Gasteiger charge is -2.24.